The average molecular weight is 412 g/mol. The fourth-order valence-electron chi connectivity index (χ4n) is 3.31. The van der Waals surface area contributed by atoms with E-state index in [1.807, 2.05) is 4.90 Å². The monoisotopic (exact) mass is 412 g/mol. The van der Waals surface area contributed by atoms with Gasteiger partial charge in [0.2, 0.25) is 0 Å². The maximum atomic E-state index is 12.4. The van der Waals surface area contributed by atoms with E-state index in [1.165, 1.54) is 24.7 Å². The Labute approximate surface area is 173 Å². The van der Waals surface area contributed by atoms with E-state index in [2.05, 4.69) is 20.6 Å². The van der Waals surface area contributed by atoms with Crippen molar-refractivity contribution in [2.45, 2.75) is 25.7 Å². The summed E-state index contributed by atoms with van der Waals surface area (Å²) in [5.41, 5.74) is 0.970. The molecule has 10 nitrogen and oxygen atoms in total. The first-order chi connectivity index (χ1) is 14.6. The number of piperidine rings is 1. The Morgan fingerprint density at radius 1 is 1.07 bits per heavy atom. The average Bonchev–Trinajstić information content (AvgIpc) is 2.79. The minimum atomic E-state index is -0.442. The van der Waals surface area contributed by atoms with Crippen LogP contribution in [-0.2, 0) is 0 Å². The smallest absolute Gasteiger partial charge is 0.293 e. The van der Waals surface area contributed by atoms with Gasteiger partial charge in [-0.25, -0.2) is 4.98 Å². The molecular weight excluding hydrogens is 388 g/mol. The lowest BCUT2D eigenvalue weighted by Gasteiger charge is -2.28. The highest BCUT2D eigenvalue weighted by Crippen LogP contribution is 2.31. The molecule has 10 heteroatoms. The molecule has 2 N–H and O–H groups in total. The minimum absolute atomic E-state index is 0.0548. The van der Waals surface area contributed by atoms with Crippen LogP contribution < -0.4 is 15.5 Å². The number of rotatable bonds is 8. The summed E-state index contributed by atoms with van der Waals surface area (Å²) in [4.78, 5) is 45.0. The summed E-state index contributed by atoms with van der Waals surface area (Å²) in [5.74, 6) is -0.720. The van der Waals surface area contributed by atoms with Crippen molar-refractivity contribution in [1.29, 1.82) is 0 Å². The molecule has 2 heterocycles. The number of anilines is 1. The Kier molecular flexibility index (Phi) is 7.25. The molecule has 158 valence electrons. The van der Waals surface area contributed by atoms with Crippen LogP contribution in [0.1, 0.15) is 46.5 Å². The number of nitro groups is 1. The number of carbonyl (C=O) groups is 2. The molecule has 1 aliphatic heterocycles. The van der Waals surface area contributed by atoms with Gasteiger partial charge < -0.3 is 15.5 Å². The molecule has 1 fully saturated rings. The molecule has 1 aromatic heterocycles. The van der Waals surface area contributed by atoms with Crippen LogP contribution in [0.15, 0.2) is 36.8 Å². The maximum Gasteiger partial charge on any atom is 0.293 e. The first kappa shape index (κ1) is 21.2. The van der Waals surface area contributed by atoms with E-state index in [0.29, 0.717) is 25.2 Å². The molecular formula is C20H24N6O4. The van der Waals surface area contributed by atoms with Crippen LogP contribution in [0.2, 0.25) is 0 Å². The quantitative estimate of drug-likeness (QED) is 0.385. The van der Waals surface area contributed by atoms with Crippen LogP contribution in [0.5, 0.6) is 0 Å². The highest BCUT2D eigenvalue weighted by Gasteiger charge is 2.23. The lowest BCUT2D eigenvalue weighted by Crippen LogP contribution is -2.31. The molecule has 0 unspecified atom stereocenters. The van der Waals surface area contributed by atoms with Gasteiger partial charge in [0.1, 0.15) is 11.4 Å². The first-order valence-corrected chi connectivity index (χ1v) is 9.92. The number of nitrogens with zero attached hydrogens (tertiary/aromatic N) is 4. The van der Waals surface area contributed by atoms with E-state index >= 15 is 0 Å². The molecule has 2 amide bonds. The molecule has 30 heavy (non-hydrogen) atoms. The van der Waals surface area contributed by atoms with Crippen molar-refractivity contribution in [1.82, 2.24) is 20.6 Å². The Bertz CT molecular complexity index is 899. The third-order valence-electron chi connectivity index (χ3n) is 4.85. The second kappa shape index (κ2) is 10.3. The molecule has 0 aliphatic carbocycles. The maximum absolute atomic E-state index is 12.4. The van der Waals surface area contributed by atoms with Gasteiger partial charge in [-0.1, -0.05) is 0 Å². The van der Waals surface area contributed by atoms with E-state index in [4.69, 9.17) is 0 Å². The summed E-state index contributed by atoms with van der Waals surface area (Å²) in [6.45, 7) is 2.24. The molecule has 3 rings (SSSR count). The first-order valence-electron chi connectivity index (χ1n) is 9.92. The van der Waals surface area contributed by atoms with E-state index in [9.17, 15) is 19.7 Å². The fourth-order valence-corrected chi connectivity index (χ4v) is 3.31. The molecule has 1 aliphatic rings. The predicted octanol–water partition coefficient (Wildman–Crippen LogP) is 1.92. The fraction of sp³-hybridized carbons (Fsp3) is 0.400. The van der Waals surface area contributed by atoms with Gasteiger partial charge in [-0.05, 0) is 37.8 Å². The van der Waals surface area contributed by atoms with E-state index in [1.54, 1.807) is 12.1 Å². The van der Waals surface area contributed by atoms with Gasteiger partial charge >= 0.3 is 0 Å². The van der Waals surface area contributed by atoms with Gasteiger partial charge in [-0.2, -0.15) is 0 Å². The number of hydrogen-bond donors (Lipinski definition) is 2. The largest absolute Gasteiger partial charge is 0.366 e. The summed E-state index contributed by atoms with van der Waals surface area (Å²) in [6, 6.07) is 4.59. The van der Waals surface area contributed by atoms with Crippen molar-refractivity contribution in [3.8, 4) is 0 Å². The second-order valence-corrected chi connectivity index (χ2v) is 6.96. The van der Waals surface area contributed by atoms with Crippen molar-refractivity contribution in [3.63, 3.8) is 0 Å². The zero-order valence-electron chi connectivity index (χ0n) is 16.5. The predicted molar refractivity (Wildman–Crippen MR) is 110 cm³/mol. The Balaban J connectivity index is 1.50. The van der Waals surface area contributed by atoms with Gasteiger partial charge in [0.15, 0.2) is 0 Å². The Morgan fingerprint density at radius 3 is 2.47 bits per heavy atom. The van der Waals surface area contributed by atoms with E-state index < -0.39 is 4.92 Å². The molecule has 0 bridgehead atoms. The molecule has 0 radical (unpaired) electrons. The summed E-state index contributed by atoms with van der Waals surface area (Å²) < 4.78 is 0. The molecule has 0 spiro atoms. The lowest BCUT2D eigenvalue weighted by atomic mass is 10.1. The van der Waals surface area contributed by atoms with E-state index in [0.717, 1.165) is 32.4 Å². The van der Waals surface area contributed by atoms with Gasteiger partial charge in [0.05, 0.1) is 11.1 Å². The summed E-state index contributed by atoms with van der Waals surface area (Å²) in [6.07, 6.45) is 7.94. The minimum Gasteiger partial charge on any atom is -0.366 e. The Hall–Kier alpha value is -3.56. The highest BCUT2D eigenvalue weighted by atomic mass is 16.6. The summed E-state index contributed by atoms with van der Waals surface area (Å²) in [5, 5.41) is 16.9. The molecule has 1 saturated heterocycles. The van der Waals surface area contributed by atoms with Gasteiger partial charge in [-0.3, -0.25) is 24.7 Å². The number of nitro benzene ring substituents is 1. The van der Waals surface area contributed by atoms with Crippen molar-refractivity contribution in [2.24, 2.45) is 0 Å². The standard InChI is InChI=1S/C20H24N6O4/c27-19(23-7-4-8-24-20(28)16-14-21-9-10-22-16)15-5-6-17(18(13-15)26(29)30)25-11-2-1-3-12-25/h5-6,9-10,13-14H,1-4,7-8,11-12H2,(H,23,27)(H,24,28). The van der Waals surface area contributed by atoms with Crippen LogP contribution in [0.4, 0.5) is 11.4 Å². The van der Waals surface area contributed by atoms with Crippen LogP contribution in [0.3, 0.4) is 0 Å². The topological polar surface area (TPSA) is 130 Å². The van der Waals surface area contributed by atoms with Crippen LogP contribution in [0, 0.1) is 10.1 Å². The Morgan fingerprint density at radius 2 is 1.80 bits per heavy atom. The van der Waals surface area contributed by atoms with E-state index in [-0.39, 0.29) is 28.8 Å². The summed E-state index contributed by atoms with van der Waals surface area (Å²) >= 11 is 0. The van der Waals surface area contributed by atoms with Crippen molar-refractivity contribution >= 4 is 23.2 Å². The zero-order chi connectivity index (χ0) is 21.3. The van der Waals surface area contributed by atoms with Gasteiger partial charge in [-0.15, -0.1) is 0 Å². The molecule has 2 aromatic rings. The van der Waals surface area contributed by atoms with Crippen molar-refractivity contribution in [2.75, 3.05) is 31.1 Å². The zero-order valence-corrected chi connectivity index (χ0v) is 16.5. The molecule has 0 atom stereocenters. The van der Waals surface area contributed by atoms with Crippen molar-refractivity contribution in [3.05, 3.63) is 58.2 Å². The lowest BCUT2D eigenvalue weighted by molar-refractivity contribution is -0.384. The van der Waals surface area contributed by atoms with Crippen molar-refractivity contribution < 1.29 is 14.5 Å². The number of aromatic nitrogens is 2. The third-order valence-corrected chi connectivity index (χ3v) is 4.85. The third kappa shape index (κ3) is 5.49. The number of hydrogen-bond acceptors (Lipinski definition) is 7. The van der Waals surface area contributed by atoms with Crippen LogP contribution >= 0.6 is 0 Å². The molecule has 1 aromatic carbocycles. The normalized spacial score (nSPS) is 13.5. The number of nitrogens with one attached hydrogen (secondary N) is 2. The second-order valence-electron chi connectivity index (χ2n) is 6.96. The number of benzene rings is 1. The van der Waals surface area contributed by atoms with Crippen LogP contribution in [0.25, 0.3) is 0 Å². The summed E-state index contributed by atoms with van der Waals surface area (Å²) in [7, 11) is 0. The van der Waals surface area contributed by atoms with Crippen LogP contribution in [-0.4, -0.2) is 52.9 Å². The number of amides is 2. The van der Waals surface area contributed by atoms with Gasteiger partial charge in [0.25, 0.3) is 17.5 Å². The number of carbonyl (C=O) groups excluding carboxylic acids is 2. The SMILES string of the molecule is O=C(NCCCNC(=O)c1cnccn1)c1ccc(N2CCCCC2)c([N+](=O)[O-])c1. The van der Waals surface area contributed by atoms with Gasteiger partial charge in [0, 0.05) is 50.2 Å². The molecule has 0 saturated carbocycles. The highest BCUT2D eigenvalue weighted by molar-refractivity contribution is 5.95.